The zero-order chi connectivity index (χ0) is 20.6. The van der Waals surface area contributed by atoms with Crippen LogP contribution in [0, 0.1) is 12.8 Å². The van der Waals surface area contributed by atoms with E-state index in [1.807, 2.05) is 13.8 Å². The first-order valence-corrected chi connectivity index (χ1v) is 9.51. The van der Waals surface area contributed by atoms with Gasteiger partial charge >= 0.3 is 5.97 Å². The lowest BCUT2D eigenvalue weighted by Gasteiger charge is -2.20. The van der Waals surface area contributed by atoms with Crippen molar-refractivity contribution in [3.8, 4) is 5.75 Å². The Morgan fingerprint density at radius 2 is 1.79 bits per heavy atom. The maximum Gasteiger partial charge on any atom is 0.311 e. The van der Waals surface area contributed by atoms with E-state index < -0.39 is 11.9 Å². The van der Waals surface area contributed by atoms with Crippen LogP contribution in [0.1, 0.15) is 47.8 Å². The van der Waals surface area contributed by atoms with Crippen LogP contribution in [0.3, 0.4) is 0 Å². The Bertz CT molecular complexity index is 1050. The number of carbonyl (C=O) groups excluding carboxylic acids is 1. The molecule has 0 amide bonds. The number of phenolic OH excluding ortho intramolecular Hbond substituents is 1. The van der Waals surface area contributed by atoms with Gasteiger partial charge in [-0.3, -0.25) is 14.2 Å². The first-order valence-electron chi connectivity index (χ1n) is 9.13. The molecule has 2 atom stereocenters. The monoisotopic (exact) mass is 399 g/mol. The van der Waals surface area contributed by atoms with Gasteiger partial charge in [-0.1, -0.05) is 31.9 Å². The summed E-state index contributed by atoms with van der Waals surface area (Å²) >= 11 is 5.93. The van der Waals surface area contributed by atoms with Crippen LogP contribution in [0.4, 0.5) is 0 Å². The van der Waals surface area contributed by atoms with Gasteiger partial charge in [0.2, 0.25) is 0 Å². The summed E-state index contributed by atoms with van der Waals surface area (Å²) in [6.07, 6.45) is 0.674. The average molecular weight is 400 g/mol. The summed E-state index contributed by atoms with van der Waals surface area (Å²) in [7, 11) is 0. The van der Waals surface area contributed by atoms with Gasteiger partial charge < -0.3 is 10.2 Å². The number of benzene rings is 2. The van der Waals surface area contributed by atoms with E-state index in [9.17, 15) is 19.8 Å². The van der Waals surface area contributed by atoms with Gasteiger partial charge in [0.1, 0.15) is 5.75 Å². The highest BCUT2D eigenvalue weighted by Gasteiger charge is 2.32. The quantitative estimate of drug-likeness (QED) is 0.617. The van der Waals surface area contributed by atoms with Crippen molar-refractivity contribution in [1.29, 1.82) is 0 Å². The first-order chi connectivity index (χ1) is 13.3. The van der Waals surface area contributed by atoms with Crippen LogP contribution in [-0.4, -0.2) is 26.7 Å². The van der Waals surface area contributed by atoms with E-state index in [2.05, 4.69) is 0 Å². The highest BCUT2D eigenvalue weighted by Crippen LogP contribution is 2.38. The molecule has 0 radical (unpaired) electrons. The second-order valence-corrected chi connectivity index (χ2v) is 7.49. The minimum Gasteiger partial charge on any atom is -0.508 e. The molecule has 0 bridgehead atoms. The lowest BCUT2D eigenvalue weighted by atomic mass is 9.84. The molecule has 2 aromatic carbocycles. The first kappa shape index (κ1) is 20.0. The van der Waals surface area contributed by atoms with Crippen LogP contribution in [0.5, 0.6) is 5.75 Å². The molecule has 3 aromatic rings. The summed E-state index contributed by atoms with van der Waals surface area (Å²) in [5.74, 6) is -2.11. The molecule has 0 spiro atoms. The second-order valence-electron chi connectivity index (χ2n) is 7.05. The molecule has 0 fully saturated rings. The number of rotatable bonds is 5. The minimum absolute atomic E-state index is 0.0260. The van der Waals surface area contributed by atoms with E-state index in [0.29, 0.717) is 39.2 Å². The van der Waals surface area contributed by atoms with Crippen molar-refractivity contribution in [3.63, 3.8) is 0 Å². The average Bonchev–Trinajstić information content (AvgIpc) is 2.93. The molecular formula is C22H22ClNO4. The molecule has 28 heavy (non-hydrogen) atoms. The summed E-state index contributed by atoms with van der Waals surface area (Å²) in [6.45, 7) is 5.56. The lowest BCUT2D eigenvalue weighted by molar-refractivity contribution is -0.140. The predicted molar refractivity (Wildman–Crippen MR) is 109 cm³/mol. The Morgan fingerprint density at radius 3 is 2.36 bits per heavy atom. The fourth-order valence-electron chi connectivity index (χ4n) is 3.69. The van der Waals surface area contributed by atoms with Crippen molar-refractivity contribution in [2.45, 2.75) is 33.1 Å². The van der Waals surface area contributed by atoms with Gasteiger partial charge in [-0.15, -0.1) is 0 Å². The Hall–Kier alpha value is -2.79. The molecule has 0 saturated carbocycles. The maximum atomic E-state index is 13.2. The van der Waals surface area contributed by atoms with Gasteiger partial charge in [0.25, 0.3) is 5.91 Å². The van der Waals surface area contributed by atoms with Crippen LogP contribution in [0.25, 0.3) is 10.9 Å². The topological polar surface area (TPSA) is 79.5 Å². The van der Waals surface area contributed by atoms with Gasteiger partial charge in [0.15, 0.2) is 0 Å². The van der Waals surface area contributed by atoms with Crippen LogP contribution < -0.4 is 0 Å². The van der Waals surface area contributed by atoms with Crippen molar-refractivity contribution in [2.75, 3.05) is 0 Å². The maximum absolute atomic E-state index is 13.2. The largest absolute Gasteiger partial charge is 0.508 e. The van der Waals surface area contributed by atoms with Crippen LogP contribution in [0.2, 0.25) is 5.02 Å². The van der Waals surface area contributed by atoms with E-state index in [0.717, 1.165) is 0 Å². The SMILES string of the molecule is CCC(C)[C@H](C(=O)O)c1c(C)n(C(=O)c2ccc(Cl)cc2)c2ccc(O)cc12. The van der Waals surface area contributed by atoms with Crippen molar-refractivity contribution in [2.24, 2.45) is 5.92 Å². The third kappa shape index (κ3) is 3.38. The molecule has 0 aliphatic rings. The number of phenols is 1. The molecule has 0 aliphatic carbocycles. The highest BCUT2D eigenvalue weighted by atomic mass is 35.5. The molecule has 5 nitrogen and oxygen atoms in total. The number of hydrogen-bond acceptors (Lipinski definition) is 3. The number of nitrogens with zero attached hydrogens (tertiary/aromatic N) is 1. The minimum atomic E-state index is -0.946. The summed E-state index contributed by atoms with van der Waals surface area (Å²) in [6, 6.07) is 11.2. The zero-order valence-electron chi connectivity index (χ0n) is 15.9. The number of halogens is 1. The number of aromatic hydroxyl groups is 1. The molecule has 6 heteroatoms. The highest BCUT2D eigenvalue weighted by molar-refractivity contribution is 6.30. The molecule has 2 N–H and O–H groups in total. The molecule has 0 saturated heterocycles. The van der Waals surface area contributed by atoms with Crippen molar-refractivity contribution in [3.05, 3.63) is 64.3 Å². The third-order valence-electron chi connectivity index (χ3n) is 5.32. The van der Waals surface area contributed by atoms with Crippen molar-refractivity contribution >= 4 is 34.4 Å². The number of hydrogen-bond donors (Lipinski definition) is 2. The summed E-state index contributed by atoms with van der Waals surface area (Å²) in [5.41, 5.74) is 2.14. The summed E-state index contributed by atoms with van der Waals surface area (Å²) < 4.78 is 1.52. The zero-order valence-corrected chi connectivity index (χ0v) is 16.7. The Morgan fingerprint density at radius 1 is 1.14 bits per heavy atom. The van der Waals surface area contributed by atoms with Gasteiger partial charge in [0.05, 0.1) is 11.4 Å². The third-order valence-corrected chi connectivity index (χ3v) is 5.57. The smallest absolute Gasteiger partial charge is 0.311 e. The van der Waals surface area contributed by atoms with E-state index >= 15 is 0 Å². The normalized spacial score (nSPS) is 13.4. The van der Waals surface area contributed by atoms with Crippen molar-refractivity contribution < 1.29 is 19.8 Å². The van der Waals surface area contributed by atoms with Gasteiger partial charge in [0, 0.05) is 21.7 Å². The van der Waals surface area contributed by atoms with Gasteiger partial charge in [-0.05, 0) is 60.9 Å². The number of carboxylic acids is 1. The molecule has 146 valence electrons. The second kappa shape index (κ2) is 7.68. The molecule has 1 unspecified atom stereocenters. The Labute approximate surface area is 168 Å². The summed E-state index contributed by atoms with van der Waals surface area (Å²) in [5, 5.41) is 21.0. The van der Waals surface area contributed by atoms with Crippen LogP contribution >= 0.6 is 11.6 Å². The standard InChI is InChI=1S/C22H22ClNO4/c1-4-12(2)19(22(27)28)20-13(3)24(18-10-9-16(25)11-17(18)20)21(26)14-5-7-15(23)8-6-14/h5-12,19,25H,4H2,1-3H3,(H,27,28)/t12?,19-/m0/s1. The van der Waals surface area contributed by atoms with Gasteiger partial charge in [-0.25, -0.2) is 0 Å². The van der Waals surface area contributed by atoms with Crippen LogP contribution in [0.15, 0.2) is 42.5 Å². The van der Waals surface area contributed by atoms with Crippen LogP contribution in [-0.2, 0) is 4.79 Å². The molecule has 1 heterocycles. The van der Waals surface area contributed by atoms with E-state index in [1.165, 1.54) is 16.7 Å². The van der Waals surface area contributed by atoms with E-state index in [4.69, 9.17) is 11.6 Å². The molecular weight excluding hydrogens is 378 g/mol. The lowest BCUT2D eigenvalue weighted by Crippen LogP contribution is -2.21. The number of aromatic nitrogens is 1. The van der Waals surface area contributed by atoms with Crippen molar-refractivity contribution in [1.82, 2.24) is 4.57 Å². The predicted octanol–water partition coefficient (Wildman–Crippen LogP) is 5.21. The number of fused-ring (bicyclic) bond motifs is 1. The Kier molecular flexibility index (Phi) is 5.47. The van der Waals surface area contributed by atoms with E-state index in [-0.39, 0.29) is 17.6 Å². The molecule has 0 aliphatic heterocycles. The Balaban J connectivity index is 2.30. The number of aliphatic carboxylic acids is 1. The number of carbonyl (C=O) groups is 2. The summed E-state index contributed by atoms with van der Waals surface area (Å²) in [4.78, 5) is 25.3. The fourth-order valence-corrected chi connectivity index (χ4v) is 3.82. The molecule has 1 aromatic heterocycles. The van der Waals surface area contributed by atoms with E-state index in [1.54, 1.807) is 37.3 Å². The molecule has 3 rings (SSSR count). The number of carboxylic acid groups (broad SMARTS) is 1. The van der Waals surface area contributed by atoms with Gasteiger partial charge in [-0.2, -0.15) is 0 Å². The fraction of sp³-hybridized carbons (Fsp3) is 0.273.